The quantitative estimate of drug-likeness (QED) is 0.858. The van der Waals surface area contributed by atoms with Crippen LogP contribution in [0.3, 0.4) is 0 Å². The minimum Gasteiger partial charge on any atom is -0.305 e. The number of halogens is 5. The molecule has 8 heteroatoms. The van der Waals surface area contributed by atoms with Crippen LogP contribution in [0.2, 0.25) is 10.0 Å². The highest BCUT2D eigenvalue weighted by Crippen LogP contribution is 2.29. The van der Waals surface area contributed by atoms with Crippen molar-refractivity contribution >= 4 is 47.2 Å². The number of nitrogens with one attached hydrogen (secondary N) is 1. The van der Waals surface area contributed by atoms with Gasteiger partial charge in [0.15, 0.2) is 0 Å². The highest BCUT2D eigenvalue weighted by molar-refractivity contribution is 6.42. The van der Waals surface area contributed by atoms with Gasteiger partial charge in [0.25, 0.3) is 5.92 Å². The number of alkyl halides is 2. The number of hydrogen-bond acceptors (Lipinski definition) is 2. The molecule has 106 valence electrons. The summed E-state index contributed by atoms with van der Waals surface area (Å²) in [6.07, 6.45) is 0. The minimum absolute atomic E-state index is 0. The van der Waals surface area contributed by atoms with E-state index in [2.05, 4.69) is 5.32 Å². The summed E-state index contributed by atoms with van der Waals surface area (Å²) in [5, 5.41) is 2.95. The first kappa shape index (κ1) is 16.4. The fraction of sp³-hybridized carbons (Fsp3) is 0.364. The fourth-order valence-electron chi connectivity index (χ4n) is 1.71. The zero-order valence-corrected chi connectivity index (χ0v) is 12.0. The molecule has 0 aromatic heterocycles. The van der Waals surface area contributed by atoms with Gasteiger partial charge >= 0.3 is 0 Å². The van der Waals surface area contributed by atoms with Crippen molar-refractivity contribution in [1.29, 1.82) is 0 Å². The Balaban J connectivity index is 0.00000180. The van der Waals surface area contributed by atoms with Crippen molar-refractivity contribution in [3.63, 3.8) is 0 Å². The number of carbonyl (C=O) groups excluding carboxylic acids is 1. The Morgan fingerprint density at radius 1 is 1.26 bits per heavy atom. The molecule has 1 aromatic rings. The van der Waals surface area contributed by atoms with E-state index in [1.807, 2.05) is 0 Å². The zero-order valence-electron chi connectivity index (χ0n) is 9.63. The van der Waals surface area contributed by atoms with Gasteiger partial charge in [0.2, 0.25) is 5.91 Å². The van der Waals surface area contributed by atoms with E-state index in [9.17, 15) is 13.6 Å². The molecule has 3 nitrogen and oxygen atoms in total. The van der Waals surface area contributed by atoms with E-state index in [1.54, 1.807) is 0 Å². The molecule has 0 aliphatic carbocycles. The van der Waals surface area contributed by atoms with Gasteiger partial charge < -0.3 is 10.2 Å². The second kappa shape index (κ2) is 6.22. The second-order valence-electron chi connectivity index (χ2n) is 4.04. The predicted molar refractivity (Wildman–Crippen MR) is 73.9 cm³/mol. The van der Waals surface area contributed by atoms with E-state index in [4.69, 9.17) is 23.2 Å². The molecule has 1 heterocycles. The monoisotopic (exact) mass is 330 g/mol. The van der Waals surface area contributed by atoms with Crippen LogP contribution >= 0.6 is 35.6 Å². The smallest absolute Gasteiger partial charge is 0.277 e. The number of rotatable bonds is 1. The molecule has 1 aliphatic rings. The van der Waals surface area contributed by atoms with E-state index in [-0.39, 0.29) is 24.0 Å². The lowest BCUT2D eigenvalue weighted by molar-refractivity contribution is -0.117. The molecule has 1 aromatic carbocycles. The highest BCUT2D eigenvalue weighted by atomic mass is 35.5. The highest BCUT2D eigenvalue weighted by Gasteiger charge is 2.37. The summed E-state index contributed by atoms with van der Waals surface area (Å²) in [6, 6.07) is 4.37. The van der Waals surface area contributed by atoms with Gasteiger partial charge in [0, 0.05) is 5.69 Å². The number of anilines is 1. The molecule has 1 N–H and O–H groups in total. The molecular formula is C11H11Cl3F2N2O. The van der Waals surface area contributed by atoms with Gasteiger partial charge in [-0.2, -0.15) is 0 Å². The van der Waals surface area contributed by atoms with Crippen molar-refractivity contribution in [2.24, 2.45) is 0 Å². The lowest BCUT2D eigenvalue weighted by Gasteiger charge is -2.24. The van der Waals surface area contributed by atoms with Crippen LogP contribution in [0, 0.1) is 0 Å². The molecule has 0 saturated carbocycles. The molecule has 0 unspecified atom stereocenters. The molecule has 0 radical (unpaired) electrons. The summed E-state index contributed by atoms with van der Waals surface area (Å²) < 4.78 is 26.9. The Labute approximate surface area is 125 Å². The fourth-order valence-corrected chi connectivity index (χ4v) is 2.00. The molecule has 19 heavy (non-hydrogen) atoms. The average Bonchev–Trinajstić information content (AvgIpc) is 2.42. The maximum Gasteiger partial charge on any atom is 0.277 e. The first-order valence-electron chi connectivity index (χ1n) is 5.23. The van der Waals surface area contributed by atoms with Crippen LogP contribution in [0.1, 0.15) is 0 Å². The van der Waals surface area contributed by atoms with Crippen LogP contribution in [0.4, 0.5) is 14.5 Å². The third-order valence-corrected chi connectivity index (χ3v) is 3.30. The molecule has 1 fully saturated rings. The van der Waals surface area contributed by atoms with Crippen LogP contribution in [-0.2, 0) is 4.79 Å². The average molecular weight is 332 g/mol. The number of nitrogens with zero attached hydrogens (tertiary/aromatic N) is 1. The first-order valence-corrected chi connectivity index (χ1v) is 5.99. The first-order chi connectivity index (χ1) is 8.39. The zero-order chi connectivity index (χ0) is 13.3. The maximum absolute atomic E-state index is 13.4. The van der Waals surface area contributed by atoms with Crippen LogP contribution in [0.25, 0.3) is 0 Å². The van der Waals surface area contributed by atoms with Gasteiger partial charge in [-0.25, -0.2) is 8.78 Å². The SMILES string of the molecule is Cl.O=C1CNCC(F)(F)CN1c1ccc(Cl)c(Cl)c1. The minimum atomic E-state index is -2.97. The topological polar surface area (TPSA) is 32.3 Å². The van der Waals surface area contributed by atoms with Crippen LogP contribution in [-0.4, -0.2) is 31.5 Å². The standard InChI is InChI=1S/C11H10Cl2F2N2O.ClH/c12-8-2-1-7(3-9(8)13)17-6-11(14,15)5-16-4-10(17)18;/h1-3,16H,4-6H2;1H. The van der Waals surface area contributed by atoms with E-state index < -0.39 is 24.9 Å². The Morgan fingerprint density at radius 3 is 2.58 bits per heavy atom. The van der Waals surface area contributed by atoms with Crippen molar-refractivity contribution in [1.82, 2.24) is 5.32 Å². The predicted octanol–water partition coefficient (Wildman–Crippen LogP) is 2.99. The molecule has 1 aliphatic heterocycles. The maximum atomic E-state index is 13.4. The van der Waals surface area contributed by atoms with Crippen molar-refractivity contribution < 1.29 is 13.6 Å². The summed E-state index contributed by atoms with van der Waals surface area (Å²) in [5.74, 6) is -3.40. The Bertz CT molecular complexity index is 485. The van der Waals surface area contributed by atoms with Crippen LogP contribution < -0.4 is 10.2 Å². The molecule has 2 rings (SSSR count). The van der Waals surface area contributed by atoms with Gasteiger partial charge in [0.05, 0.1) is 29.7 Å². The largest absolute Gasteiger partial charge is 0.305 e. The second-order valence-corrected chi connectivity index (χ2v) is 4.85. The Morgan fingerprint density at radius 2 is 1.95 bits per heavy atom. The molecule has 0 bridgehead atoms. The molecule has 1 amide bonds. The normalized spacial score (nSPS) is 18.7. The van der Waals surface area contributed by atoms with E-state index >= 15 is 0 Å². The summed E-state index contributed by atoms with van der Waals surface area (Å²) in [4.78, 5) is 12.8. The van der Waals surface area contributed by atoms with Gasteiger partial charge in [0.1, 0.15) is 0 Å². The molecular weight excluding hydrogens is 320 g/mol. The summed E-state index contributed by atoms with van der Waals surface area (Å²) in [7, 11) is 0. The lowest BCUT2D eigenvalue weighted by Crippen LogP contribution is -2.40. The number of carbonyl (C=O) groups is 1. The van der Waals surface area contributed by atoms with Crippen molar-refractivity contribution in [3.05, 3.63) is 28.2 Å². The van der Waals surface area contributed by atoms with Gasteiger partial charge in [-0.15, -0.1) is 12.4 Å². The van der Waals surface area contributed by atoms with Gasteiger partial charge in [-0.1, -0.05) is 23.2 Å². The third kappa shape index (κ3) is 3.92. The molecule has 1 saturated heterocycles. The van der Waals surface area contributed by atoms with Crippen molar-refractivity contribution in [2.75, 3.05) is 24.5 Å². The molecule has 0 spiro atoms. The van der Waals surface area contributed by atoms with Crippen molar-refractivity contribution in [2.45, 2.75) is 5.92 Å². The number of benzene rings is 1. The lowest BCUT2D eigenvalue weighted by atomic mass is 10.2. The van der Waals surface area contributed by atoms with E-state index in [1.165, 1.54) is 18.2 Å². The van der Waals surface area contributed by atoms with Crippen molar-refractivity contribution in [3.8, 4) is 0 Å². The van der Waals surface area contributed by atoms with Gasteiger partial charge in [-0.3, -0.25) is 4.79 Å². The Kier molecular flexibility index (Phi) is 5.38. The van der Waals surface area contributed by atoms with E-state index in [0.717, 1.165) is 4.90 Å². The van der Waals surface area contributed by atoms with E-state index in [0.29, 0.717) is 10.7 Å². The molecule has 0 atom stereocenters. The summed E-state index contributed by atoms with van der Waals surface area (Å²) in [5.41, 5.74) is 0.317. The number of hydrogen-bond donors (Lipinski definition) is 1. The summed E-state index contributed by atoms with van der Waals surface area (Å²) in [6.45, 7) is -1.32. The van der Waals surface area contributed by atoms with Crippen LogP contribution in [0.15, 0.2) is 18.2 Å². The summed E-state index contributed by atoms with van der Waals surface area (Å²) >= 11 is 11.6. The van der Waals surface area contributed by atoms with Crippen LogP contribution in [0.5, 0.6) is 0 Å². The number of amides is 1. The van der Waals surface area contributed by atoms with Gasteiger partial charge in [-0.05, 0) is 18.2 Å². The Hall–Kier alpha value is -0.620. The third-order valence-electron chi connectivity index (χ3n) is 2.57.